The fourth-order valence-electron chi connectivity index (χ4n) is 2.82. The van der Waals surface area contributed by atoms with Crippen molar-refractivity contribution in [1.29, 1.82) is 0 Å². The predicted molar refractivity (Wildman–Crippen MR) is 95.7 cm³/mol. The number of hydrogen-bond donors (Lipinski definition) is 1. The van der Waals surface area contributed by atoms with Crippen molar-refractivity contribution in [3.05, 3.63) is 53.6 Å². The predicted octanol–water partition coefficient (Wildman–Crippen LogP) is 4.47. The van der Waals surface area contributed by atoms with Gasteiger partial charge in [0.05, 0.1) is 11.3 Å². The van der Waals surface area contributed by atoms with Crippen molar-refractivity contribution >= 4 is 17.4 Å². The maximum absolute atomic E-state index is 12.9. The lowest BCUT2D eigenvalue weighted by atomic mass is 10.0. The van der Waals surface area contributed by atoms with Gasteiger partial charge in [0.1, 0.15) is 13.2 Å². The van der Waals surface area contributed by atoms with Crippen LogP contribution < -0.4 is 14.8 Å². The summed E-state index contributed by atoms with van der Waals surface area (Å²) in [7, 11) is 0. The van der Waals surface area contributed by atoms with Crippen molar-refractivity contribution in [2.45, 2.75) is 25.4 Å². The van der Waals surface area contributed by atoms with E-state index in [1.807, 2.05) is 0 Å². The first-order valence-electron chi connectivity index (χ1n) is 8.73. The lowest BCUT2D eigenvalue weighted by molar-refractivity contribution is -0.137. The van der Waals surface area contributed by atoms with Crippen LogP contribution in [0.15, 0.2) is 42.5 Å². The maximum atomic E-state index is 12.9. The molecule has 2 aromatic carbocycles. The number of ether oxygens (including phenoxy) is 2. The van der Waals surface area contributed by atoms with Crippen molar-refractivity contribution in [2.24, 2.45) is 0 Å². The van der Waals surface area contributed by atoms with Crippen LogP contribution in [-0.2, 0) is 11.0 Å². The largest absolute Gasteiger partial charge is 0.486 e. The molecule has 1 amide bonds. The number of rotatable bonds is 6. The number of halogens is 3. The minimum atomic E-state index is -4.56. The third kappa shape index (κ3) is 4.82. The van der Waals surface area contributed by atoms with Gasteiger partial charge in [-0.2, -0.15) is 13.2 Å². The van der Waals surface area contributed by atoms with Gasteiger partial charge in [-0.15, -0.1) is 0 Å². The fourth-order valence-corrected chi connectivity index (χ4v) is 2.82. The first-order valence-corrected chi connectivity index (χ1v) is 8.73. The second kappa shape index (κ2) is 8.33. The number of alkyl halides is 3. The first-order chi connectivity index (χ1) is 13.3. The zero-order valence-electron chi connectivity index (χ0n) is 14.8. The van der Waals surface area contributed by atoms with E-state index >= 15 is 0 Å². The van der Waals surface area contributed by atoms with E-state index in [0.29, 0.717) is 30.3 Å². The lowest BCUT2D eigenvalue weighted by Crippen LogP contribution is -2.17. The topological polar surface area (TPSA) is 64.6 Å². The molecule has 0 fully saturated rings. The van der Waals surface area contributed by atoms with Gasteiger partial charge in [0.2, 0.25) is 5.91 Å². The number of ketones is 1. The van der Waals surface area contributed by atoms with E-state index in [-0.39, 0.29) is 30.7 Å². The van der Waals surface area contributed by atoms with Gasteiger partial charge in [-0.1, -0.05) is 12.1 Å². The Morgan fingerprint density at radius 1 is 0.964 bits per heavy atom. The highest BCUT2D eigenvalue weighted by Gasteiger charge is 2.33. The summed E-state index contributed by atoms with van der Waals surface area (Å²) in [5.74, 6) is 0.316. The molecular formula is C20H18F3NO4. The number of benzene rings is 2. The molecular weight excluding hydrogens is 375 g/mol. The maximum Gasteiger partial charge on any atom is 0.418 e. The summed E-state index contributed by atoms with van der Waals surface area (Å²) < 4.78 is 49.7. The second-order valence-electron chi connectivity index (χ2n) is 6.23. The summed E-state index contributed by atoms with van der Waals surface area (Å²) in [6.45, 7) is 0.858. The van der Waals surface area contributed by atoms with Crippen LogP contribution in [0.3, 0.4) is 0 Å². The molecule has 1 aliphatic rings. The van der Waals surface area contributed by atoms with Gasteiger partial charge in [0.25, 0.3) is 0 Å². The Hall–Kier alpha value is -3.03. The molecule has 0 radical (unpaired) electrons. The van der Waals surface area contributed by atoms with Crippen molar-refractivity contribution < 1.29 is 32.2 Å². The number of amides is 1. The van der Waals surface area contributed by atoms with E-state index < -0.39 is 17.6 Å². The second-order valence-corrected chi connectivity index (χ2v) is 6.23. The van der Waals surface area contributed by atoms with Crippen LogP contribution in [0.1, 0.15) is 35.2 Å². The molecule has 1 N–H and O–H groups in total. The van der Waals surface area contributed by atoms with E-state index in [1.165, 1.54) is 18.2 Å². The molecule has 0 saturated carbocycles. The highest BCUT2D eigenvalue weighted by Crippen LogP contribution is 2.34. The van der Waals surface area contributed by atoms with Crippen LogP contribution >= 0.6 is 0 Å². The highest BCUT2D eigenvalue weighted by molar-refractivity contribution is 5.97. The number of carbonyl (C=O) groups excluding carboxylic acids is 2. The minimum Gasteiger partial charge on any atom is -0.486 e. The average molecular weight is 393 g/mol. The Morgan fingerprint density at radius 2 is 1.68 bits per heavy atom. The molecule has 5 nitrogen and oxygen atoms in total. The van der Waals surface area contributed by atoms with Crippen molar-refractivity contribution in [3.63, 3.8) is 0 Å². The third-order valence-corrected chi connectivity index (χ3v) is 4.18. The zero-order valence-corrected chi connectivity index (χ0v) is 14.8. The van der Waals surface area contributed by atoms with Crippen molar-refractivity contribution in [3.8, 4) is 11.5 Å². The number of anilines is 1. The Bertz CT molecular complexity index is 880. The molecule has 28 heavy (non-hydrogen) atoms. The Labute approximate surface area is 159 Å². The summed E-state index contributed by atoms with van der Waals surface area (Å²) in [5, 5.41) is 2.26. The number of fused-ring (bicyclic) bond motifs is 1. The van der Waals surface area contributed by atoms with Crippen LogP contribution in [0.25, 0.3) is 0 Å². The molecule has 1 aliphatic heterocycles. The lowest BCUT2D eigenvalue weighted by Gasteiger charge is -2.18. The third-order valence-electron chi connectivity index (χ3n) is 4.18. The summed E-state index contributed by atoms with van der Waals surface area (Å²) in [6, 6.07) is 9.64. The van der Waals surface area contributed by atoms with E-state index in [2.05, 4.69) is 5.32 Å². The molecule has 0 unspecified atom stereocenters. The van der Waals surface area contributed by atoms with Crippen LogP contribution in [0, 0.1) is 0 Å². The van der Waals surface area contributed by atoms with Gasteiger partial charge < -0.3 is 14.8 Å². The summed E-state index contributed by atoms with van der Waals surface area (Å²) >= 11 is 0. The van der Waals surface area contributed by atoms with E-state index in [0.717, 1.165) is 6.07 Å². The molecule has 148 valence electrons. The number of nitrogens with one attached hydrogen (secondary N) is 1. The van der Waals surface area contributed by atoms with Gasteiger partial charge in [-0.05, 0) is 36.8 Å². The van der Waals surface area contributed by atoms with Crippen LogP contribution in [0.4, 0.5) is 18.9 Å². The molecule has 0 aromatic heterocycles. The Balaban J connectivity index is 1.53. The van der Waals surface area contributed by atoms with Gasteiger partial charge in [0.15, 0.2) is 17.3 Å². The number of carbonyl (C=O) groups is 2. The molecule has 2 aromatic rings. The number of para-hydroxylation sites is 1. The summed E-state index contributed by atoms with van der Waals surface area (Å²) in [5.41, 5.74) is -0.763. The molecule has 3 rings (SSSR count). The Kier molecular flexibility index (Phi) is 5.87. The average Bonchev–Trinajstić information content (AvgIpc) is 2.67. The SMILES string of the molecule is O=C(CCCC(=O)c1ccc2c(c1)OCCO2)Nc1ccccc1C(F)(F)F. The summed E-state index contributed by atoms with van der Waals surface area (Å²) in [4.78, 5) is 24.3. The Morgan fingerprint density at radius 3 is 2.43 bits per heavy atom. The minimum absolute atomic E-state index is 0.0670. The summed E-state index contributed by atoms with van der Waals surface area (Å²) in [6.07, 6.45) is -4.32. The number of hydrogen-bond acceptors (Lipinski definition) is 4. The smallest absolute Gasteiger partial charge is 0.418 e. The first kappa shape index (κ1) is 19.7. The van der Waals surface area contributed by atoms with Gasteiger partial charge in [-0.3, -0.25) is 9.59 Å². The van der Waals surface area contributed by atoms with E-state index in [9.17, 15) is 22.8 Å². The van der Waals surface area contributed by atoms with Crippen LogP contribution in [-0.4, -0.2) is 24.9 Å². The molecule has 0 saturated heterocycles. The van der Waals surface area contributed by atoms with Crippen molar-refractivity contribution in [2.75, 3.05) is 18.5 Å². The van der Waals surface area contributed by atoms with Crippen LogP contribution in [0.5, 0.6) is 11.5 Å². The number of Topliss-reactive ketones (excluding diaryl/α,β-unsaturated/α-hetero) is 1. The van der Waals surface area contributed by atoms with Crippen LogP contribution in [0.2, 0.25) is 0 Å². The monoisotopic (exact) mass is 393 g/mol. The molecule has 0 atom stereocenters. The van der Waals surface area contributed by atoms with Crippen molar-refractivity contribution in [1.82, 2.24) is 0 Å². The molecule has 8 heteroatoms. The standard InChI is InChI=1S/C20H18F3NO4/c21-20(22,23)14-4-1-2-5-15(14)24-19(26)7-3-6-16(25)13-8-9-17-18(12-13)28-11-10-27-17/h1-2,4-5,8-9,12H,3,6-7,10-11H2,(H,24,26). The zero-order chi connectivity index (χ0) is 20.1. The fraction of sp³-hybridized carbons (Fsp3) is 0.300. The normalized spacial score (nSPS) is 13.1. The molecule has 0 bridgehead atoms. The van der Waals surface area contributed by atoms with E-state index in [1.54, 1.807) is 18.2 Å². The quantitative estimate of drug-likeness (QED) is 0.736. The molecule has 1 heterocycles. The molecule has 0 spiro atoms. The highest BCUT2D eigenvalue weighted by atomic mass is 19.4. The van der Waals surface area contributed by atoms with Gasteiger partial charge in [-0.25, -0.2) is 0 Å². The van der Waals surface area contributed by atoms with Gasteiger partial charge in [0, 0.05) is 18.4 Å². The molecule has 0 aliphatic carbocycles. The van der Waals surface area contributed by atoms with Gasteiger partial charge >= 0.3 is 6.18 Å². The van der Waals surface area contributed by atoms with E-state index in [4.69, 9.17) is 9.47 Å².